The second-order valence-electron chi connectivity index (χ2n) is 6.01. The first kappa shape index (κ1) is 14.2. The van der Waals surface area contributed by atoms with Gasteiger partial charge in [0.25, 0.3) is 0 Å². The van der Waals surface area contributed by atoms with E-state index in [1.54, 1.807) is 7.11 Å². The first-order valence-electron chi connectivity index (χ1n) is 6.77. The Bertz CT molecular complexity index is 420. The zero-order chi connectivity index (χ0) is 13.9. The lowest BCUT2D eigenvalue weighted by atomic mass is 9.93. The molecular formula is C15H24N2O2. The van der Waals surface area contributed by atoms with Crippen LogP contribution < -0.4 is 15.0 Å². The molecule has 106 valence electrons. The number of aliphatic hydroxyl groups excluding tert-OH is 1. The Balaban J connectivity index is 2.23. The minimum absolute atomic E-state index is 0.118. The van der Waals surface area contributed by atoms with E-state index in [4.69, 9.17) is 4.74 Å². The highest BCUT2D eigenvalue weighted by Crippen LogP contribution is 2.27. The summed E-state index contributed by atoms with van der Waals surface area (Å²) in [5, 5.41) is 12.9. The summed E-state index contributed by atoms with van der Waals surface area (Å²) in [4.78, 5) is 2.32. The number of nitrogens with zero attached hydrogens (tertiary/aromatic N) is 1. The summed E-state index contributed by atoms with van der Waals surface area (Å²) in [6.45, 7) is 7.34. The average Bonchev–Trinajstić information content (AvgIpc) is 2.57. The molecule has 0 spiro atoms. The van der Waals surface area contributed by atoms with E-state index in [-0.39, 0.29) is 18.1 Å². The van der Waals surface area contributed by atoms with Crippen LogP contribution in [0, 0.1) is 5.41 Å². The lowest BCUT2D eigenvalue weighted by molar-refractivity contribution is 0.242. The van der Waals surface area contributed by atoms with Gasteiger partial charge in [-0.25, -0.2) is 0 Å². The van der Waals surface area contributed by atoms with Gasteiger partial charge in [-0.2, -0.15) is 0 Å². The average molecular weight is 264 g/mol. The monoisotopic (exact) mass is 264 g/mol. The van der Waals surface area contributed by atoms with Gasteiger partial charge in [0.2, 0.25) is 0 Å². The standard InChI is InChI=1S/C15H24N2O2/c1-15(2)10-16-12(9-18)8-17(11-15)13-5-4-6-14(7-13)19-3/h4-7,12,16,18H,8-11H2,1-3H3. The third-order valence-electron chi connectivity index (χ3n) is 3.57. The lowest BCUT2D eigenvalue weighted by Gasteiger charge is -2.31. The molecule has 0 bridgehead atoms. The maximum Gasteiger partial charge on any atom is 0.120 e. The van der Waals surface area contributed by atoms with Gasteiger partial charge in [0.15, 0.2) is 0 Å². The fourth-order valence-corrected chi connectivity index (χ4v) is 2.51. The van der Waals surface area contributed by atoms with Crippen LogP contribution in [-0.2, 0) is 0 Å². The van der Waals surface area contributed by atoms with Gasteiger partial charge in [0.05, 0.1) is 13.7 Å². The number of nitrogens with one attached hydrogen (secondary N) is 1. The Morgan fingerprint density at radius 3 is 2.95 bits per heavy atom. The van der Waals surface area contributed by atoms with E-state index in [1.165, 1.54) is 0 Å². The normalized spacial score (nSPS) is 22.9. The molecule has 19 heavy (non-hydrogen) atoms. The second-order valence-corrected chi connectivity index (χ2v) is 6.01. The van der Waals surface area contributed by atoms with Crippen molar-refractivity contribution in [2.75, 3.05) is 38.3 Å². The van der Waals surface area contributed by atoms with Crippen LogP contribution >= 0.6 is 0 Å². The first-order valence-corrected chi connectivity index (χ1v) is 6.77. The van der Waals surface area contributed by atoms with Crippen molar-refractivity contribution >= 4 is 5.69 Å². The van der Waals surface area contributed by atoms with Crippen molar-refractivity contribution in [3.05, 3.63) is 24.3 Å². The summed E-state index contributed by atoms with van der Waals surface area (Å²) in [5.74, 6) is 0.869. The lowest BCUT2D eigenvalue weighted by Crippen LogP contribution is -2.40. The summed E-state index contributed by atoms with van der Waals surface area (Å²) >= 11 is 0. The molecule has 1 fully saturated rings. The predicted octanol–water partition coefficient (Wildman–Crippen LogP) is 1.49. The van der Waals surface area contributed by atoms with Crippen molar-refractivity contribution in [1.29, 1.82) is 0 Å². The van der Waals surface area contributed by atoms with E-state index in [2.05, 4.69) is 36.2 Å². The zero-order valence-corrected chi connectivity index (χ0v) is 12.0. The number of benzene rings is 1. The SMILES string of the molecule is COc1cccc(N2CC(CO)NCC(C)(C)C2)c1. The molecule has 2 rings (SSSR count). The Morgan fingerprint density at radius 2 is 2.26 bits per heavy atom. The molecule has 0 saturated carbocycles. The van der Waals surface area contributed by atoms with Crippen LogP contribution in [0.4, 0.5) is 5.69 Å². The molecule has 4 nitrogen and oxygen atoms in total. The summed E-state index contributed by atoms with van der Waals surface area (Å²) in [5.41, 5.74) is 1.32. The molecule has 1 aliphatic rings. The number of hydrogen-bond acceptors (Lipinski definition) is 4. The molecule has 1 heterocycles. The van der Waals surface area contributed by atoms with E-state index in [0.29, 0.717) is 0 Å². The molecule has 1 aromatic rings. The van der Waals surface area contributed by atoms with Crippen molar-refractivity contribution in [3.8, 4) is 5.75 Å². The first-order chi connectivity index (χ1) is 9.04. The Kier molecular flexibility index (Phi) is 4.32. The third kappa shape index (κ3) is 3.61. The molecule has 0 aliphatic carbocycles. The van der Waals surface area contributed by atoms with Crippen LogP contribution in [0.25, 0.3) is 0 Å². The summed E-state index contributed by atoms with van der Waals surface area (Å²) in [7, 11) is 1.68. The van der Waals surface area contributed by atoms with Crippen LogP contribution in [0.3, 0.4) is 0 Å². The van der Waals surface area contributed by atoms with Crippen molar-refractivity contribution < 1.29 is 9.84 Å². The van der Waals surface area contributed by atoms with E-state index in [0.717, 1.165) is 31.1 Å². The third-order valence-corrected chi connectivity index (χ3v) is 3.57. The molecule has 0 amide bonds. The molecule has 0 aromatic heterocycles. The van der Waals surface area contributed by atoms with Gasteiger partial charge in [-0.3, -0.25) is 0 Å². The highest BCUT2D eigenvalue weighted by molar-refractivity contribution is 5.51. The number of rotatable bonds is 3. The fraction of sp³-hybridized carbons (Fsp3) is 0.600. The van der Waals surface area contributed by atoms with E-state index < -0.39 is 0 Å². The van der Waals surface area contributed by atoms with Crippen LogP contribution in [0.1, 0.15) is 13.8 Å². The topological polar surface area (TPSA) is 44.7 Å². The smallest absolute Gasteiger partial charge is 0.120 e. The second kappa shape index (κ2) is 5.80. The van der Waals surface area contributed by atoms with Crippen molar-refractivity contribution in [2.24, 2.45) is 5.41 Å². The maximum absolute atomic E-state index is 9.44. The van der Waals surface area contributed by atoms with Gasteiger partial charge in [-0.15, -0.1) is 0 Å². The van der Waals surface area contributed by atoms with Crippen molar-refractivity contribution in [3.63, 3.8) is 0 Å². The van der Waals surface area contributed by atoms with Crippen LogP contribution in [0.5, 0.6) is 5.75 Å². The van der Waals surface area contributed by atoms with Gasteiger partial charge in [0.1, 0.15) is 5.75 Å². The molecule has 4 heteroatoms. The van der Waals surface area contributed by atoms with Crippen molar-refractivity contribution in [2.45, 2.75) is 19.9 Å². The van der Waals surface area contributed by atoms with Gasteiger partial charge >= 0.3 is 0 Å². The number of hydrogen-bond donors (Lipinski definition) is 2. The quantitative estimate of drug-likeness (QED) is 0.868. The fourth-order valence-electron chi connectivity index (χ4n) is 2.51. The van der Waals surface area contributed by atoms with Crippen LogP contribution in [0.2, 0.25) is 0 Å². The maximum atomic E-state index is 9.44. The van der Waals surface area contributed by atoms with Crippen LogP contribution in [0.15, 0.2) is 24.3 Å². The molecule has 2 N–H and O–H groups in total. The summed E-state index contributed by atoms with van der Waals surface area (Å²) in [6.07, 6.45) is 0. The zero-order valence-electron chi connectivity index (χ0n) is 12.0. The number of anilines is 1. The molecule has 1 atom stereocenters. The summed E-state index contributed by atoms with van der Waals surface area (Å²) in [6, 6.07) is 8.23. The molecule has 0 radical (unpaired) electrons. The number of ether oxygens (including phenoxy) is 1. The van der Waals surface area contributed by atoms with Gasteiger partial charge in [0, 0.05) is 37.4 Å². The minimum Gasteiger partial charge on any atom is -0.497 e. The molecule has 1 aromatic carbocycles. The van der Waals surface area contributed by atoms with Crippen LogP contribution in [-0.4, -0.2) is 44.5 Å². The minimum atomic E-state index is 0.118. The molecule has 1 saturated heterocycles. The highest BCUT2D eigenvalue weighted by atomic mass is 16.5. The summed E-state index contributed by atoms with van der Waals surface area (Å²) < 4.78 is 5.29. The van der Waals surface area contributed by atoms with E-state index in [9.17, 15) is 5.11 Å². The molecule has 1 unspecified atom stereocenters. The molecular weight excluding hydrogens is 240 g/mol. The molecule has 1 aliphatic heterocycles. The Morgan fingerprint density at radius 1 is 1.47 bits per heavy atom. The van der Waals surface area contributed by atoms with Crippen molar-refractivity contribution in [1.82, 2.24) is 5.32 Å². The largest absolute Gasteiger partial charge is 0.497 e. The Hall–Kier alpha value is -1.26. The highest BCUT2D eigenvalue weighted by Gasteiger charge is 2.28. The van der Waals surface area contributed by atoms with Gasteiger partial charge < -0.3 is 20.1 Å². The Labute approximate surface area is 115 Å². The van der Waals surface area contributed by atoms with Gasteiger partial charge in [-0.1, -0.05) is 19.9 Å². The number of methoxy groups -OCH3 is 1. The van der Waals surface area contributed by atoms with E-state index in [1.807, 2.05) is 12.1 Å². The van der Waals surface area contributed by atoms with Gasteiger partial charge in [-0.05, 0) is 17.5 Å². The number of aliphatic hydroxyl groups is 1. The van der Waals surface area contributed by atoms with E-state index >= 15 is 0 Å². The predicted molar refractivity (Wildman–Crippen MR) is 77.9 cm³/mol.